The zero-order valence-electron chi connectivity index (χ0n) is 10.2. The molecule has 2 aromatic rings. The van der Waals surface area contributed by atoms with E-state index in [1.165, 1.54) is 23.0 Å². The number of amides is 1. The van der Waals surface area contributed by atoms with E-state index in [2.05, 4.69) is 10.4 Å². The number of aromatic nitrogens is 2. The van der Waals surface area contributed by atoms with Crippen LogP contribution in [0.2, 0.25) is 5.02 Å². The van der Waals surface area contributed by atoms with Crippen LogP contribution in [0.1, 0.15) is 15.9 Å². The fraction of sp³-hybridized carbons (Fsp3) is 0.167. The van der Waals surface area contributed by atoms with Gasteiger partial charge in [0.05, 0.1) is 11.2 Å². The zero-order chi connectivity index (χ0) is 14.0. The Bertz CT molecular complexity index is 626. The van der Waals surface area contributed by atoms with Gasteiger partial charge in [-0.2, -0.15) is 5.10 Å². The second-order valence-corrected chi connectivity index (χ2v) is 4.41. The lowest BCUT2D eigenvalue weighted by Crippen LogP contribution is -2.23. The normalized spacial score (nSPS) is 10.5. The first-order chi connectivity index (χ1) is 8.99. The molecule has 0 aliphatic heterocycles. The molecular weight excluding hydrogens is 271 g/mol. The van der Waals surface area contributed by atoms with Gasteiger partial charge in [-0.15, -0.1) is 0 Å². The number of rotatable bonds is 3. The van der Waals surface area contributed by atoms with Gasteiger partial charge in [0.2, 0.25) is 0 Å². The Morgan fingerprint density at radius 1 is 1.58 bits per heavy atom. The summed E-state index contributed by atoms with van der Waals surface area (Å²) in [7, 11) is 1.64. The summed E-state index contributed by atoms with van der Waals surface area (Å²) < 4.78 is 14.4. The highest BCUT2D eigenvalue weighted by atomic mass is 35.5. The van der Waals surface area contributed by atoms with Gasteiger partial charge in [-0.25, -0.2) is 4.39 Å². The highest BCUT2D eigenvalue weighted by Crippen LogP contribution is 2.16. The van der Waals surface area contributed by atoms with Gasteiger partial charge in [0.1, 0.15) is 17.2 Å². The maximum Gasteiger partial charge on any atom is 0.256 e. The molecule has 7 heteroatoms. The van der Waals surface area contributed by atoms with E-state index in [1.807, 2.05) is 0 Å². The van der Waals surface area contributed by atoms with E-state index < -0.39 is 5.82 Å². The monoisotopic (exact) mass is 282 g/mol. The molecule has 1 heterocycles. The molecule has 0 saturated carbocycles. The minimum atomic E-state index is -0.492. The molecule has 0 fully saturated rings. The van der Waals surface area contributed by atoms with Crippen molar-refractivity contribution >= 4 is 23.3 Å². The number of aryl methyl sites for hydroxylation is 1. The maximum absolute atomic E-state index is 13.0. The predicted octanol–water partition coefficient (Wildman–Crippen LogP) is 1.72. The number of nitrogens with two attached hydrogens (primary N) is 1. The number of nitrogen functional groups attached to an aromatic ring is 1. The van der Waals surface area contributed by atoms with Crippen LogP contribution in [0.4, 0.5) is 10.2 Å². The first-order valence-corrected chi connectivity index (χ1v) is 5.86. The predicted molar refractivity (Wildman–Crippen MR) is 70.2 cm³/mol. The van der Waals surface area contributed by atoms with Crippen molar-refractivity contribution in [2.45, 2.75) is 6.54 Å². The summed E-state index contributed by atoms with van der Waals surface area (Å²) in [4.78, 5) is 11.9. The summed E-state index contributed by atoms with van der Waals surface area (Å²) >= 11 is 5.65. The number of carbonyl (C=O) groups excluding carboxylic acids is 1. The maximum atomic E-state index is 13.0. The largest absolute Gasteiger partial charge is 0.383 e. The lowest BCUT2D eigenvalue weighted by molar-refractivity contribution is 0.0952. The SMILES string of the molecule is Cn1ncc(C(=O)NCc2ccc(F)c(Cl)c2)c1N. The molecule has 2 rings (SSSR count). The summed E-state index contributed by atoms with van der Waals surface area (Å²) in [5.41, 5.74) is 6.68. The Balaban J connectivity index is 2.04. The molecule has 100 valence electrons. The van der Waals surface area contributed by atoms with E-state index in [0.29, 0.717) is 11.1 Å². The molecule has 19 heavy (non-hydrogen) atoms. The molecule has 0 spiro atoms. The van der Waals surface area contributed by atoms with Gasteiger partial charge in [-0.3, -0.25) is 9.48 Å². The minimum Gasteiger partial charge on any atom is -0.383 e. The molecule has 0 radical (unpaired) electrons. The molecule has 0 aliphatic carbocycles. The molecule has 1 amide bonds. The average molecular weight is 283 g/mol. The van der Waals surface area contributed by atoms with E-state index in [0.717, 1.165) is 0 Å². The zero-order valence-corrected chi connectivity index (χ0v) is 10.9. The van der Waals surface area contributed by atoms with E-state index >= 15 is 0 Å². The highest BCUT2D eigenvalue weighted by Gasteiger charge is 2.13. The molecule has 5 nitrogen and oxygen atoms in total. The van der Waals surface area contributed by atoms with E-state index in [1.54, 1.807) is 13.1 Å². The van der Waals surface area contributed by atoms with Crippen LogP contribution >= 0.6 is 11.6 Å². The van der Waals surface area contributed by atoms with Crippen molar-refractivity contribution in [1.29, 1.82) is 0 Å². The first kappa shape index (κ1) is 13.4. The fourth-order valence-corrected chi connectivity index (χ4v) is 1.75. The fourth-order valence-electron chi connectivity index (χ4n) is 1.55. The number of anilines is 1. The lowest BCUT2D eigenvalue weighted by Gasteiger charge is -2.05. The molecule has 0 bridgehead atoms. The molecule has 0 unspecified atom stereocenters. The van der Waals surface area contributed by atoms with Crippen molar-refractivity contribution in [2.24, 2.45) is 7.05 Å². The van der Waals surface area contributed by atoms with Gasteiger partial charge in [0, 0.05) is 13.6 Å². The van der Waals surface area contributed by atoms with Crippen LogP contribution in [0.5, 0.6) is 0 Å². The van der Waals surface area contributed by atoms with Crippen molar-refractivity contribution < 1.29 is 9.18 Å². The number of carbonyl (C=O) groups is 1. The Kier molecular flexibility index (Phi) is 3.71. The van der Waals surface area contributed by atoms with E-state index in [9.17, 15) is 9.18 Å². The highest BCUT2D eigenvalue weighted by molar-refractivity contribution is 6.30. The quantitative estimate of drug-likeness (QED) is 0.900. The van der Waals surface area contributed by atoms with Gasteiger partial charge in [-0.1, -0.05) is 17.7 Å². The molecule has 1 aromatic heterocycles. The van der Waals surface area contributed by atoms with Crippen molar-refractivity contribution in [3.05, 3.63) is 46.4 Å². The number of nitrogens with zero attached hydrogens (tertiary/aromatic N) is 2. The van der Waals surface area contributed by atoms with Crippen LogP contribution < -0.4 is 11.1 Å². The number of hydrogen-bond donors (Lipinski definition) is 2. The number of nitrogens with one attached hydrogen (secondary N) is 1. The van der Waals surface area contributed by atoms with Crippen molar-refractivity contribution in [3.8, 4) is 0 Å². The van der Waals surface area contributed by atoms with E-state index in [4.69, 9.17) is 17.3 Å². The first-order valence-electron chi connectivity index (χ1n) is 5.48. The van der Waals surface area contributed by atoms with Crippen LogP contribution in [0, 0.1) is 5.82 Å². The Labute approximate surface area is 114 Å². The van der Waals surface area contributed by atoms with E-state index in [-0.39, 0.29) is 23.3 Å². The van der Waals surface area contributed by atoms with Crippen LogP contribution in [0.3, 0.4) is 0 Å². The summed E-state index contributed by atoms with van der Waals surface area (Å²) in [6.07, 6.45) is 1.39. The Morgan fingerprint density at radius 2 is 2.32 bits per heavy atom. The Hall–Kier alpha value is -2.08. The van der Waals surface area contributed by atoms with Gasteiger partial charge in [0.25, 0.3) is 5.91 Å². The third-order valence-electron chi connectivity index (χ3n) is 2.67. The standard InChI is InChI=1S/C12H12ClFN4O/c1-18-11(15)8(6-17-18)12(19)16-5-7-2-3-10(14)9(13)4-7/h2-4,6H,5,15H2,1H3,(H,16,19). The summed E-state index contributed by atoms with van der Waals surface area (Å²) in [5, 5.41) is 6.56. The van der Waals surface area contributed by atoms with Gasteiger partial charge in [-0.05, 0) is 17.7 Å². The minimum absolute atomic E-state index is 0.0210. The molecule has 0 saturated heterocycles. The number of halogens is 2. The van der Waals surface area contributed by atoms with Crippen molar-refractivity contribution in [3.63, 3.8) is 0 Å². The van der Waals surface area contributed by atoms with Gasteiger partial charge >= 0.3 is 0 Å². The Morgan fingerprint density at radius 3 is 2.89 bits per heavy atom. The third kappa shape index (κ3) is 2.85. The summed E-state index contributed by atoms with van der Waals surface area (Å²) in [6.45, 7) is 0.229. The van der Waals surface area contributed by atoms with Gasteiger partial charge in [0.15, 0.2) is 0 Å². The molecule has 0 aliphatic rings. The van der Waals surface area contributed by atoms with Crippen molar-refractivity contribution in [1.82, 2.24) is 15.1 Å². The number of hydrogen-bond acceptors (Lipinski definition) is 3. The average Bonchev–Trinajstić information content (AvgIpc) is 2.71. The molecular formula is C12H12ClFN4O. The molecule has 0 atom stereocenters. The summed E-state index contributed by atoms with van der Waals surface area (Å²) in [5.74, 6) is -0.547. The van der Waals surface area contributed by atoms with Crippen molar-refractivity contribution in [2.75, 3.05) is 5.73 Å². The molecule has 3 N–H and O–H groups in total. The number of benzene rings is 1. The molecule has 1 aromatic carbocycles. The van der Waals surface area contributed by atoms with Crippen LogP contribution in [-0.2, 0) is 13.6 Å². The van der Waals surface area contributed by atoms with Crippen LogP contribution in [-0.4, -0.2) is 15.7 Å². The second kappa shape index (κ2) is 5.27. The van der Waals surface area contributed by atoms with Gasteiger partial charge < -0.3 is 11.1 Å². The second-order valence-electron chi connectivity index (χ2n) is 4.00. The smallest absolute Gasteiger partial charge is 0.256 e. The van der Waals surface area contributed by atoms with Crippen LogP contribution in [0.15, 0.2) is 24.4 Å². The third-order valence-corrected chi connectivity index (χ3v) is 2.96. The van der Waals surface area contributed by atoms with Crippen LogP contribution in [0.25, 0.3) is 0 Å². The topological polar surface area (TPSA) is 72.9 Å². The summed E-state index contributed by atoms with van der Waals surface area (Å²) in [6, 6.07) is 4.26. The lowest BCUT2D eigenvalue weighted by atomic mass is 10.2.